The van der Waals surface area contributed by atoms with Gasteiger partial charge in [0, 0.05) is 42.6 Å². The van der Waals surface area contributed by atoms with Crippen LogP contribution in [0.25, 0.3) is 5.70 Å². The number of amides is 3. The molecule has 0 radical (unpaired) electrons. The molecule has 2 atom stereocenters. The fourth-order valence-corrected chi connectivity index (χ4v) is 4.94. The molecule has 194 valence electrons. The van der Waals surface area contributed by atoms with Crippen LogP contribution in [-0.4, -0.2) is 70.4 Å². The highest BCUT2D eigenvalue weighted by Gasteiger charge is 2.46. The Morgan fingerprint density at radius 1 is 1.19 bits per heavy atom. The minimum Gasteiger partial charge on any atom is -0.497 e. The number of hydrogen-bond acceptors (Lipinski definition) is 8. The third kappa shape index (κ3) is 4.85. The molecule has 11 nitrogen and oxygen atoms in total. The summed E-state index contributed by atoms with van der Waals surface area (Å²) in [4.78, 5) is 45.8. The van der Waals surface area contributed by atoms with E-state index in [1.54, 1.807) is 48.2 Å². The van der Waals surface area contributed by atoms with Crippen LogP contribution in [0.3, 0.4) is 0 Å². The molecule has 1 unspecified atom stereocenters. The molecule has 0 bridgehead atoms. The first-order chi connectivity index (χ1) is 17.6. The molecule has 2 aliphatic heterocycles. The number of methoxy groups -OCH3 is 1. The lowest BCUT2D eigenvalue weighted by molar-refractivity contribution is -0.129. The average Bonchev–Trinajstić information content (AvgIpc) is 3.45. The summed E-state index contributed by atoms with van der Waals surface area (Å²) in [6.45, 7) is 6.05. The molecule has 0 spiro atoms. The van der Waals surface area contributed by atoms with Crippen molar-refractivity contribution >= 4 is 29.2 Å². The molecular weight excluding hydrogens is 474 g/mol. The number of ether oxygens (including phenoxy) is 1. The largest absolute Gasteiger partial charge is 0.497 e. The van der Waals surface area contributed by atoms with Gasteiger partial charge in [-0.2, -0.15) is 0 Å². The van der Waals surface area contributed by atoms with Crippen LogP contribution >= 0.6 is 0 Å². The monoisotopic (exact) mass is 505 g/mol. The number of hydrogen-bond donors (Lipinski definition) is 3. The van der Waals surface area contributed by atoms with Crippen LogP contribution < -0.4 is 21.6 Å². The van der Waals surface area contributed by atoms with Gasteiger partial charge in [0.2, 0.25) is 5.91 Å². The second-order valence-corrected chi connectivity index (χ2v) is 9.09. The van der Waals surface area contributed by atoms with Crippen molar-refractivity contribution in [3.05, 3.63) is 71.6 Å². The van der Waals surface area contributed by atoms with Gasteiger partial charge in [-0.05, 0) is 38.0 Å². The van der Waals surface area contributed by atoms with E-state index in [1.165, 1.54) is 18.3 Å². The Hall–Kier alpha value is -4.38. The summed E-state index contributed by atoms with van der Waals surface area (Å²) in [5.74, 6) is 6.19. The van der Waals surface area contributed by atoms with Crippen molar-refractivity contribution < 1.29 is 19.1 Å². The van der Waals surface area contributed by atoms with Crippen molar-refractivity contribution in [3.8, 4) is 5.75 Å². The predicted octanol–water partition coefficient (Wildman–Crippen LogP) is 1.51. The van der Waals surface area contributed by atoms with Crippen LogP contribution in [0.1, 0.15) is 35.7 Å². The molecule has 0 aliphatic carbocycles. The number of nitrogens with two attached hydrogens (primary N) is 2. The molecule has 2 aliphatic rings. The van der Waals surface area contributed by atoms with Gasteiger partial charge in [-0.25, -0.2) is 10.8 Å². The van der Waals surface area contributed by atoms with Gasteiger partial charge in [0.15, 0.2) is 0 Å². The Bertz CT molecular complexity index is 1270. The van der Waals surface area contributed by atoms with Crippen LogP contribution in [-0.2, 0) is 9.59 Å². The number of nitrogens with one attached hydrogen (secondary N) is 1. The van der Waals surface area contributed by atoms with E-state index < -0.39 is 12.1 Å². The highest BCUT2D eigenvalue weighted by Crippen LogP contribution is 2.38. The first-order valence-corrected chi connectivity index (χ1v) is 11.8. The van der Waals surface area contributed by atoms with Crippen molar-refractivity contribution in [2.45, 2.75) is 32.0 Å². The first kappa shape index (κ1) is 25.7. The minimum atomic E-state index is -0.687. The van der Waals surface area contributed by atoms with Gasteiger partial charge in [-0.3, -0.25) is 19.4 Å². The Kier molecular flexibility index (Phi) is 7.16. The molecule has 1 saturated heterocycles. The number of pyridine rings is 1. The van der Waals surface area contributed by atoms with Crippen molar-refractivity contribution in [1.82, 2.24) is 19.8 Å². The van der Waals surface area contributed by atoms with Gasteiger partial charge >= 0.3 is 0 Å². The van der Waals surface area contributed by atoms with Gasteiger partial charge < -0.3 is 25.6 Å². The molecule has 1 aromatic heterocycles. The summed E-state index contributed by atoms with van der Waals surface area (Å²) < 4.78 is 5.16. The zero-order chi connectivity index (χ0) is 26.9. The second-order valence-electron chi connectivity index (χ2n) is 9.09. The molecule has 0 saturated carbocycles. The van der Waals surface area contributed by atoms with Crippen LogP contribution in [0.5, 0.6) is 5.75 Å². The van der Waals surface area contributed by atoms with Gasteiger partial charge in [-0.15, -0.1) is 0 Å². The molecule has 4 rings (SSSR count). The molecule has 3 amide bonds. The number of anilines is 1. The maximum absolute atomic E-state index is 12.8. The summed E-state index contributed by atoms with van der Waals surface area (Å²) in [5, 5.41) is 4.08. The Labute approximate surface area is 215 Å². The van der Waals surface area contributed by atoms with E-state index in [0.29, 0.717) is 40.5 Å². The Balaban J connectivity index is 1.60. The summed E-state index contributed by atoms with van der Waals surface area (Å²) in [7, 11) is 3.34. The lowest BCUT2D eigenvalue weighted by Gasteiger charge is -2.38. The van der Waals surface area contributed by atoms with Gasteiger partial charge in [0.1, 0.15) is 23.4 Å². The van der Waals surface area contributed by atoms with E-state index >= 15 is 0 Å². The van der Waals surface area contributed by atoms with E-state index in [4.69, 9.17) is 16.3 Å². The van der Waals surface area contributed by atoms with Gasteiger partial charge in [0.25, 0.3) is 11.8 Å². The number of likely N-dealkylation sites (N-methyl/N-ethyl adjacent to an activating group) is 1. The molecule has 1 fully saturated rings. The fourth-order valence-electron chi connectivity index (χ4n) is 4.94. The Morgan fingerprint density at radius 2 is 1.89 bits per heavy atom. The van der Waals surface area contributed by atoms with Crippen molar-refractivity contribution in [3.63, 3.8) is 0 Å². The summed E-state index contributed by atoms with van der Waals surface area (Å²) in [5.41, 5.74) is 7.90. The fraction of sp³-hybridized carbons (Fsp3) is 0.308. The van der Waals surface area contributed by atoms with E-state index in [2.05, 4.69) is 16.9 Å². The number of likely N-dealkylation sites (tertiary alicyclic amines) is 1. The van der Waals surface area contributed by atoms with E-state index in [0.717, 1.165) is 12.8 Å². The number of aromatic nitrogens is 1. The van der Waals surface area contributed by atoms with Crippen LogP contribution in [0.4, 0.5) is 5.82 Å². The normalized spacial score (nSPS) is 19.3. The van der Waals surface area contributed by atoms with Crippen LogP contribution in [0.15, 0.2) is 60.4 Å². The first-order valence-electron chi connectivity index (χ1n) is 11.8. The molecular formula is C26H31N7O4. The van der Waals surface area contributed by atoms with Crippen LogP contribution in [0.2, 0.25) is 0 Å². The highest BCUT2D eigenvalue weighted by molar-refractivity contribution is 6.04. The van der Waals surface area contributed by atoms with Crippen LogP contribution in [0, 0.1) is 0 Å². The standard InChI is InChI=1S/C26H31N7O4/c1-15(2)26(36)32-13-5-6-19(32)25-31(3)21(22(23(27)34)33(25)28)16-7-9-17(10-8-16)24(35)30-20-14-18(37-4)11-12-29-20/h7-12,14,19,25H,1,5-6,13,28H2,2-4H3,(H2,27,34)(H,29,30,35)/t19-,25?/m0/s1. The lowest BCUT2D eigenvalue weighted by Crippen LogP contribution is -2.56. The number of primary amides is 1. The Morgan fingerprint density at radius 3 is 2.51 bits per heavy atom. The average molecular weight is 506 g/mol. The van der Waals surface area contributed by atoms with E-state index in [1.807, 2.05) is 11.9 Å². The number of rotatable bonds is 7. The number of carbonyl (C=O) groups excluding carboxylic acids is 3. The molecule has 37 heavy (non-hydrogen) atoms. The zero-order valence-electron chi connectivity index (χ0n) is 21.1. The maximum Gasteiger partial charge on any atom is 0.268 e. The third-order valence-electron chi connectivity index (χ3n) is 6.65. The summed E-state index contributed by atoms with van der Waals surface area (Å²) in [6, 6.07) is 9.78. The quantitative estimate of drug-likeness (QED) is 0.379. The van der Waals surface area contributed by atoms with Crippen molar-refractivity contribution in [2.24, 2.45) is 11.6 Å². The van der Waals surface area contributed by atoms with Gasteiger partial charge in [-0.1, -0.05) is 18.7 Å². The van der Waals surface area contributed by atoms with Crippen molar-refractivity contribution in [2.75, 3.05) is 26.0 Å². The van der Waals surface area contributed by atoms with E-state index in [9.17, 15) is 14.4 Å². The minimum absolute atomic E-state index is 0.139. The molecule has 3 heterocycles. The second kappa shape index (κ2) is 10.3. The molecule has 11 heteroatoms. The zero-order valence-corrected chi connectivity index (χ0v) is 21.1. The highest BCUT2D eigenvalue weighted by atomic mass is 16.5. The van der Waals surface area contributed by atoms with Crippen molar-refractivity contribution in [1.29, 1.82) is 0 Å². The smallest absolute Gasteiger partial charge is 0.268 e. The lowest BCUT2D eigenvalue weighted by atomic mass is 10.1. The topological polar surface area (TPSA) is 147 Å². The molecule has 2 aromatic rings. The van der Waals surface area contributed by atoms with E-state index in [-0.39, 0.29) is 23.6 Å². The number of carbonyl (C=O) groups is 3. The maximum atomic E-state index is 12.8. The predicted molar refractivity (Wildman–Crippen MR) is 138 cm³/mol. The molecule has 5 N–H and O–H groups in total. The molecule has 1 aromatic carbocycles. The SMILES string of the molecule is C=C(C)C(=O)N1CCC[C@H]1C1N(C)C(c2ccc(C(=O)Nc3cc(OC)ccn3)cc2)=C(C(N)=O)N1N. The summed E-state index contributed by atoms with van der Waals surface area (Å²) in [6.07, 6.45) is 2.58. The third-order valence-corrected chi connectivity index (χ3v) is 6.65. The summed E-state index contributed by atoms with van der Waals surface area (Å²) >= 11 is 0. The number of benzene rings is 1. The number of nitrogens with zero attached hydrogens (tertiary/aromatic N) is 4. The number of hydrazine groups is 1. The van der Waals surface area contributed by atoms with Gasteiger partial charge in [0.05, 0.1) is 18.8 Å².